The van der Waals surface area contributed by atoms with E-state index in [-0.39, 0.29) is 6.42 Å². The summed E-state index contributed by atoms with van der Waals surface area (Å²) in [6.07, 6.45) is -0.810. The van der Waals surface area contributed by atoms with E-state index >= 15 is 0 Å². The van der Waals surface area contributed by atoms with Crippen LogP contribution in [0.15, 0.2) is 0 Å². The highest BCUT2D eigenvalue weighted by atomic mass is 35.5. The molecule has 36 valence electrons. The SMILES string of the molecule is [CH2]CC(F)[CH]Cl. The molecular formula is C4H6ClF. The van der Waals surface area contributed by atoms with Crippen LogP contribution in [-0.2, 0) is 0 Å². The van der Waals surface area contributed by atoms with E-state index in [1.54, 1.807) is 0 Å². The molecule has 0 spiro atoms. The zero-order valence-corrected chi connectivity index (χ0v) is 4.08. The van der Waals surface area contributed by atoms with E-state index in [9.17, 15) is 4.39 Å². The van der Waals surface area contributed by atoms with Crippen LogP contribution in [0.3, 0.4) is 0 Å². The molecule has 0 aliphatic rings. The van der Waals surface area contributed by atoms with Gasteiger partial charge in [-0.25, -0.2) is 4.39 Å². The van der Waals surface area contributed by atoms with Crippen LogP contribution < -0.4 is 0 Å². The van der Waals surface area contributed by atoms with Gasteiger partial charge in [0.2, 0.25) is 0 Å². The number of hydrogen-bond acceptors (Lipinski definition) is 0. The van der Waals surface area contributed by atoms with Crippen LogP contribution in [0, 0.1) is 12.8 Å². The maximum atomic E-state index is 11.6. The second-order valence-corrected chi connectivity index (χ2v) is 1.18. The molecule has 0 aromatic carbocycles. The average Bonchev–Trinajstić information content (AvgIpc) is 1.65. The van der Waals surface area contributed by atoms with Gasteiger partial charge in [0.25, 0.3) is 0 Å². The number of alkyl halides is 1. The average molecular weight is 109 g/mol. The summed E-state index contributed by atoms with van der Waals surface area (Å²) in [7, 11) is 0. The lowest BCUT2D eigenvalue weighted by Crippen LogP contribution is -1.90. The maximum absolute atomic E-state index is 11.6. The summed E-state index contributed by atoms with van der Waals surface area (Å²) in [6.45, 7) is 3.27. The normalized spacial score (nSPS) is 14.5. The fourth-order valence-corrected chi connectivity index (χ4v) is 0.189. The van der Waals surface area contributed by atoms with Crippen LogP contribution in [0.4, 0.5) is 4.39 Å². The Balaban J connectivity index is 2.75. The minimum absolute atomic E-state index is 0.226. The van der Waals surface area contributed by atoms with Crippen molar-refractivity contribution >= 4 is 11.6 Å². The molecule has 0 amide bonds. The first-order chi connectivity index (χ1) is 2.81. The fourth-order valence-electron chi connectivity index (χ4n) is 0.0630. The molecule has 0 bridgehead atoms. The minimum atomic E-state index is -1.04. The van der Waals surface area contributed by atoms with Gasteiger partial charge in [-0.2, -0.15) is 0 Å². The molecule has 2 heteroatoms. The molecule has 0 aliphatic heterocycles. The van der Waals surface area contributed by atoms with Crippen LogP contribution in [0.5, 0.6) is 0 Å². The zero-order valence-electron chi connectivity index (χ0n) is 3.32. The van der Waals surface area contributed by atoms with E-state index in [1.165, 1.54) is 0 Å². The Labute approximate surface area is 42.3 Å². The third-order valence-corrected chi connectivity index (χ3v) is 0.686. The van der Waals surface area contributed by atoms with Gasteiger partial charge in [-0.1, -0.05) is 6.92 Å². The van der Waals surface area contributed by atoms with Crippen molar-refractivity contribution < 1.29 is 4.39 Å². The summed E-state index contributed by atoms with van der Waals surface area (Å²) in [5.41, 5.74) is 0. The summed E-state index contributed by atoms with van der Waals surface area (Å²) in [5.74, 6) is 0.965. The van der Waals surface area contributed by atoms with Crippen LogP contribution in [-0.4, -0.2) is 6.17 Å². The minimum Gasteiger partial charge on any atom is -0.246 e. The third-order valence-electron chi connectivity index (χ3n) is 0.412. The molecule has 2 radical (unpaired) electrons. The Morgan fingerprint density at radius 2 is 2.50 bits per heavy atom. The van der Waals surface area contributed by atoms with Gasteiger partial charge in [0.15, 0.2) is 0 Å². The largest absolute Gasteiger partial charge is 0.246 e. The highest BCUT2D eigenvalue weighted by Crippen LogP contribution is 2.02. The summed E-state index contributed by atoms with van der Waals surface area (Å²) >= 11 is 4.91. The number of rotatable bonds is 2. The predicted molar refractivity (Wildman–Crippen MR) is 25.0 cm³/mol. The van der Waals surface area contributed by atoms with Crippen molar-refractivity contribution in [1.82, 2.24) is 0 Å². The van der Waals surface area contributed by atoms with Gasteiger partial charge in [0.05, 0.1) is 5.88 Å². The molecule has 0 nitrogen and oxygen atoms in total. The second kappa shape index (κ2) is 3.41. The third kappa shape index (κ3) is 2.46. The predicted octanol–water partition coefficient (Wildman–Crippen LogP) is 1.95. The second-order valence-electron chi connectivity index (χ2n) is 0.931. The molecule has 1 unspecified atom stereocenters. The van der Waals surface area contributed by atoms with Crippen LogP contribution >= 0.6 is 11.6 Å². The lowest BCUT2D eigenvalue weighted by molar-refractivity contribution is 0.393. The molecular weight excluding hydrogens is 102 g/mol. The molecule has 0 fully saturated rings. The molecule has 0 aromatic heterocycles. The standard InChI is InChI=1S/C4H6ClF/c1-2-4(6)3-5/h3-4H,1-2H2. The Hall–Kier alpha value is 0.220. The van der Waals surface area contributed by atoms with Crippen molar-refractivity contribution in [2.24, 2.45) is 0 Å². The maximum Gasteiger partial charge on any atom is 0.118 e. The van der Waals surface area contributed by atoms with Crippen molar-refractivity contribution in [3.05, 3.63) is 12.8 Å². The Bertz CT molecular complexity index is 26.7. The molecule has 1 atom stereocenters. The lowest BCUT2D eigenvalue weighted by Gasteiger charge is -1.91. The van der Waals surface area contributed by atoms with E-state index in [0.717, 1.165) is 5.88 Å². The van der Waals surface area contributed by atoms with Gasteiger partial charge in [-0.15, -0.1) is 11.6 Å². The van der Waals surface area contributed by atoms with Crippen molar-refractivity contribution in [1.29, 1.82) is 0 Å². The molecule has 0 heterocycles. The monoisotopic (exact) mass is 108 g/mol. The number of halogens is 2. The molecule has 0 saturated carbocycles. The Morgan fingerprint density at radius 3 is 2.50 bits per heavy atom. The summed E-state index contributed by atoms with van der Waals surface area (Å²) in [6, 6.07) is 0. The first kappa shape index (κ1) is 6.22. The summed E-state index contributed by atoms with van der Waals surface area (Å²) in [5, 5.41) is 0. The van der Waals surface area contributed by atoms with Crippen molar-refractivity contribution in [2.75, 3.05) is 0 Å². The van der Waals surface area contributed by atoms with Crippen molar-refractivity contribution in [3.63, 3.8) is 0 Å². The van der Waals surface area contributed by atoms with Gasteiger partial charge in [-0.05, 0) is 6.42 Å². The number of hydrogen-bond donors (Lipinski definition) is 0. The van der Waals surface area contributed by atoms with Crippen LogP contribution in [0.2, 0.25) is 0 Å². The van der Waals surface area contributed by atoms with Gasteiger partial charge in [0, 0.05) is 0 Å². The van der Waals surface area contributed by atoms with E-state index in [4.69, 9.17) is 11.6 Å². The van der Waals surface area contributed by atoms with E-state index in [2.05, 4.69) is 6.92 Å². The molecule has 0 aromatic rings. The van der Waals surface area contributed by atoms with Crippen molar-refractivity contribution in [2.45, 2.75) is 12.6 Å². The highest BCUT2D eigenvalue weighted by Gasteiger charge is 1.96. The molecule has 0 aliphatic carbocycles. The van der Waals surface area contributed by atoms with E-state index < -0.39 is 6.17 Å². The first-order valence-corrected chi connectivity index (χ1v) is 2.11. The Kier molecular flexibility index (Phi) is 3.54. The molecule has 0 saturated heterocycles. The van der Waals surface area contributed by atoms with Gasteiger partial charge >= 0.3 is 0 Å². The Morgan fingerprint density at radius 1 is 2.00 bits per heavy atom. The van der Waals surface area contributed by atoms with Crippen molar-refractivity contribution in [3.8, 4) is 0 Å². The molecule has 0 rings (SSSR count). The lowest BCUT2D eigenvalue weighted by atomic mass is 10.3. The smallest absolute Gasteiger partial charge is 0.118 e. The van der Waals surface area contributed by atoms with Crippen LogP contribution in [0.25, 0.3) is 0 Å². The first-order valence-electron chi connectivity index (χ1n) is 1.68. The fraction of sp³-hybridized carbons (Fsp3) is 0.500. The van der Waals surface area contributed by atoms with E-state index in [0.29, 0.717) is 0 Å². The summed E-state index contributed by atoms with van der Waals surface area (Å²) in [4.78, 5) is 0. The molecule has 0 N–H and O–H groups in total. The quantitative estimate of drug-likeness (QED) is 0.507. The van der Waals surface area contributed by atoms with Gasteiger partial charge in [0.1, 0.15) is 6.17 Å². The summed E-state index contributed by atoms with van der Waals surface area (Å²) < 4.78 is 11.6. The van der Waals surface area contributed by atoms with E-state index in [1.807, 2.05) is 0 Å². The van der Waals surface area contributed by atoms with Gasteiger partial charge in [-0.3, -0.25) is 0 Å². The highest BCUT2D eigenvalue weighted by molar-refractivity contribution is 6.23. The van der Waals surface area contributed by atoms with Crippen LogP contribution in [0.1, 0.15) is 6.42 Å². The van der Waals surface area contributed by atoms with Gasteiger partial charge < -0.3 is 0 Å². The topological polar surface area (TPSA) is 0 Å². The zero-order chi connectivity index (χ0) is 4.99. The molecule has 6 heavy (non-hydrogen) atoms.